The molecule has 41 heavy (non-hydrogen) atoms. The molecule has 1 aliphatic rings. The second-order valence-electron chi connectivity index (χ2n) is 10.9. The van der Waals surface area contributed by atoms with Gasteiger partial charge in [-0.05, 0) is 50.5 Å². The lowest BCUT2D eigenvalue weighted by Gasteiger charge is -2.24. The van der Waals surface area contributed by atoms with E-state index >= 15 is 0 Å². The van der Waals surface area contributed by atoms with Crippen LogP contribution in [-0.4, -0.2) is 52.7 Å². The van der Waals surface area contributed by atoms with Crippen LogP contribution in [0.15, 0.2) is 42.5 Å². The van der Waals surface area contributed by atoms with Crippen LogP contribution in [0.3, 0.4) is 0 Å². The number of esters is 1. The van der Waals surface area contributed by atoms with E-state index in [1.54, 1.807) is 6.92 Å². The van der Waals surface area contributed by atoms with E-state index in [4.69, 9.17) is 10.5 Å². The normalized spacial score (nSPS) is 15.8. The van der Waals surface area contributed by atoms with Gasteiger partial charge in [0, 0.05) is 36.1 Å². The summed E-state index contributed by atoms with van der Waals surface area (Å²) in [4.78, 5) is 63.3. The predicted molar refractivity (Wildman–Crippen MR) is 161 cm³/mol. The summed E-state index contributed by atoms with van der Waals surface area (Å²) < 4.78 is 4.92. The Kier molecular flexibility index (Phi) is 15.2. The quantitative estimate of drug-likeness (QED) is 0.180. The van der Waals surface area contributed by atoms with Crippen LogP contribution >= 0.6 is 11.8 Å². The zero-order valence-corrected chi connectivity index (χ0v) is 25.3. The third-order valence-electron chi connectivity index (χ3n) is 6.89. The first-order valence-electron chi connectivity index (χ1n) is 14.5. The fourth-order valence-corrected chi connectivity index (χ4v) is 5.90. The molecule has 226 valence electrons. The Morgan fingerprint density at radius 1 is 1.07 bits per heavy atom. The minimum Gasteiger partial charge on any atom is -0.463 e. The summed E-state index contributed by atoms with van der Waals surface area (Å²) in [6.45, 7) is 5.87. The van der Waals surface area contributed by atoms with E-state index in [9.17, 15) is 24.0 Å². The molecule has 3 amide bonds. The molecule has 0 aromatic heterocycles. The van der Waals surface area contributed by atoms with E-state index in [1.165, 1.54) is 23.9 Å². The minimum atomic E-state index is -0.731. The molecule has 1 saturated carbocycles. The van der Waals surface area contributed by atoms with Crippen LogP contribution in [0.5, 0.6) is 0 Å². The number of hydrogen-bond donors (Lipinski definition) is 3. The van der Waals surface area contributed by atoms with Crippen LogP contribution in [0.4, 0.5) is 4.79 Å². The molecule has 0 radical (unpaired) electrons. The van der Waals surface area contributed by atoms with Gasteiger partial charge in [0.15, 0.2) is 5.78 Å². The molecule has 3 unspecified atom stereocenters. The number of carbonyl (C=O) groups is 5. The van der Waals surface area contributed by atoms with Gasteiger partial charge in [-0.15, -0.1) is 0 Å². The summed E-state index contributed by atoms with van der Waals surface area (Å²) in [7, 11) is 0. The zero-order chi connectivity index (χ0) is 30.2. The SMILES string of the molecule is CCOC(=O)C=CC(CCC(N)=O)NC(=O)C(CC(=O)C(CC(C)C)NC(=O)SC1CCCC1)Cc1ccccc1. The van der Waals surface area contributed by atoms with Crippen molar-refractivity contribution in [2.24, 2.45) is 17.6 Å². The van der Waals surface area contributed by atoms with E-state index in [0.29, 0.717) is 12.8 Å². The van der Waals surface area contributed by atoms with E-state index in [1.807, 2.05) is 44.2 Å². The summed E-state index contributed by atoms with van der Waals surface area (Å²) in [5, 5.41) is 5.89. The number of rotatable bonds is 17. The van der Waals surface area contributed by atoms with Gasteiger partial charge >= 0.3 is 5.97 Å². The first-order valence-corrected chi connectivity index (χ1v) is 15.4. The second-order valence-corrected chi connectivity index (χ2v) is 12.2. The second kappa shape index (κ2) is 18.3. The molecule has 3 atom stereocenters. The van der Waals surface area contributed by atoms with Gasteiger partial charge in [-0.1, -0.05) is 74.9 Å². The number of nitrogens with one attached hydrogen (secondary N) is 2. The van der Waals surface area contributed by atoms with Gasteiger partial charge in [-0.3, -0.25) is 19.2 Å². The van der Waals surface area contributed by atoms with Gasteiger partial charge in [-0.25, -0.2) is 4.79 Å². The van der Waals surface area contributed by atoms with Gasteiger partial charge < -0.3 is 21.1 Å². The third-order valence-corrected chi connectivity index (χ3v) is 8.02. The third kappa shape index (κ3) is 13.9. The molecule has 1 aliphatic carbocycles. The molecule has 1 aromatic rings. The van der Waals surface area contributed by atoms with Crippen molar-refractivity contribution in [3.63, 3.8) is 0 Å². The lowest BCUT2D eigenvalue weighted by atomic mass is 9.89. The summed E-state index contributed by atoms with van der Waals surface area (Å²) >= 11 is 1.27. The number of ether oxygens (including phenoxy) is 1. The number of thioether (sulfide) groups is 1. The van der Waals surface area contributed by atoms with E-state index in [-0.39, 0.29) is 54.0 Å². The van der Waals surface area contributed by atoms with Crippen molar-refractivity contribution in [1.29, 1.82) is 0 Å². The number of hydrogen-bond acceptors (Lipinski definition) is 7. The first-order chi connectivity index (χ1) is 19.6. The average Bonchev–Trinajstić information content (AvgIpc) is 3.42. The highest BCUT2D eigenvalue weighted by atomic mass is 32.2. The fraction of sp³-hybridized carbons (Fsp3) is 0.581. The Labute approximate surface area is 247 Å². The van der Waals surface area contributed by atoms with Crippen molar-refractivity contribution < 1.29 is 28.7 Å². The van der Waals surface area contributed by atoms with Crippen molar-refractivity contribution in [2.45, 2.75) is 95.9 Å². The molecule has 4 N–H and O–H groups in total. The van der Waals surface area contributed by atoms with Crippen molar-refractivity contribution >= 4 is 40.6 Å². The molecule has 10 heteroatoms. The Morgan fingerprint density at radius 2 is 1.76 bits per heavy atom. The van der Waals surface area contributed by atoms with Crippen LogP contribution in [0.2, 0.25) is 0 Å². The number of benzene rings is 1. The van der Waals surface area contributed by atoms with Gasteiger partial charge in [-0.2, -0.15) is 0 Å². The summed E-state index contributed by atoms with van der Waals surface area (Å²) in [6, 6.07) is 8.03. The summed E-state index contributed by atoms with van der Waals surface area (Å²) in [5.74, 6) is -2.26. The largest absolute Gasteiger partial charge is 0.463 e. The molecule has 0 heterocycles. The van der Waals surface area contributed by atoms with Crippen molar-refractivity contribution in [1.82, 2.24) is 10.6 Å². The van der Waals surface area contributed by atoms with Gasteiger partial charge in [0.25, 0.3) is 5.24 Å². The fourth-order valence-electron chi connectivity index (χ4n) is 4.82. The molecular weight excluding hydrogens is 542 g/mol. The Morgan fingerprint density at radius 3 is 2.37 bits per heavy atom. The van der Waals surface area contributed by atoms with Crippen molar-refractivity contribution in [2.75, 3.05) is 6.61 Å². The molecular formula is C31H45N3O6S. The van der Waals surface area contributed by atoms with Crippen LogP contribution in [0.25, 0.3) is 0 Å². The summed E-state index contributed by atoms with van der Waals surface area (Å²) in [6.07, 6.45) is 7.82. The van der Waals surface area contributed by atoms with E-state index in [2.05, 4.69) is 10.6 Å². The van der Waals surface area contributed by atoms with E-state index in [0.717, 1.165) is 31.2 Å². The number of Topliss-reactive ketones (excluding diaryl/α,β-unsaturated/α-hetero) is 1. The topological polar surface area (TPSA) is 145 Å². The molecule has 0 bridgehead atoms. The van der Waals surface area contributed by atoms with Gasteiger partial charge in [0.2, 0.25) is 11.8 Å². The Hall–Kier alpha value is -3.14. The molecule has 1 aromatic carbocycles. The van der Waals surface area contributed by atoms with Gasteiger partial charge in [0.05, 0.1) is 12.6 Å². The van der Waals surface area contributed by atoms with Crippen LogP contribution in [-0.2, 0) is 30.3 Å². The Balaban J connectivity index is 2.20. The van der Waals surface area contributed by atoms with Crippen molar-refractivity contribution in [3.05, 3.63) is 48.0 Å². The number of ketones is 1. The van der Waals surface area contributed by atoms with Crippen LogP contribution < -0.4 is 16.4 Å². The minimum absolute atomic E-state index is 0.00154. The molecule has 0 aliphatic heterocycles. The highest BCUT2D eigenvalue weighted by Gasteiger charge is 2.30. The smallest absolute Gasteiger partial charge is 0.330 e. The number of amides is 3. The maximum atomic E-state index is 13.6. The molecule has 0 saturated heterocycles. The standard InChI is InChI=1S/C31H45N3O6S/c1-4-40-29(37)17-15-24(14-16-28(32)36)33-30(38)23(19-22-10-6-5-7-11-22)20-27(35)26(18-21(2)3)34-31(39)41-25-12-8-9-13-25/h5-7,10-11,15,17,21,23-26H,4,8-9,12-14,16,18-20H2,1-3H3,(H2,32,36)(H,33,38)(H,34,39). The lowest BCUT2D eigenvalue weighted by Crippen LogP contribution is -2.44. The molecule has 1 fully saturated rings. The highest BCUT2D eigenvalue weighted by Crippen LogP contribution is 2.30. The monoisotopic (exact) mass is 587 g/mol. The predicted octanol–water partition coefficient (Wildman–Crippen LogP) is 4.47. The highest BCUT2D eigenvalue weighted by molar-refractivity contribution is 8.14. The van der Waals surface area contributed by atoms with Crippen molar-refractivity contribution in [3.8, 4) is 0 Å². The average molecular weight is 588 g/mol. The van der Waals surface area contributed by atoms with Crippen LogP contribution in [0, 0.1) is 11.8 Å². The number of primary amides is 1. The number of carbonyl (C=O) groups excluding carboxylic acids is 5. The maximum Gasteiger partial charge on any atom is 0.330 e. The zero-order valence-electron chi connectivity index (χ0n) is 24.4. The first kappa shape index (κ1) is 34.1. The molecule has 9 nitrogen and oxygen atoms in total. The molecule has 2 rings (SSSR count). The van der Waals surface area contributed by atoms with Gasteiger partial charge in [0.1, 0.15) is 0 Å². The summed E-state index contributed by atoms with van der Waals surface area (Å²) in [5.41, 5.74) is 6.21. The maximum absolute atomic E-state index is 13.6. The van der Waals surface area contributed by atoms with E-state index < -0.39 is 29.9 Å². The lowest BCUT2D eigenvalue weighted by molar-refractivity contribution is -0.137. The van der Waals surface area contributed by atoms with Crippen LogP contribution in [0.1, 0.15) is 77.7 Å². The molecule has 0 spiro atoms. The Bertz CT molecular complexity index is 1040. The number of nitrogens with two attached hydrogens (primary N) is 1.